The van der Waals surface area contributed by atoms with E-state index in [2.05, 4.69) is 53.3 Å². The highest BCUT2D eigenvalue weighted by atomic mass is 32.2. The molecule has 1 aliphatic carbocycles. The first kappa shape index (κ1) is 15.3. The van der Waals surface area contributed by atoms with Crippen molar-refractivity contribution in [1.82, 2.24) is 0 Å². The molecule has 1 heterocycles. The molecule has 2 aromatic carbocycles. The number of Topliss-reactive ketones (excluding diaryl/α,β-unsaturated/α-hetero) is 1. The Morgan fingerprint density at radius 2 is 1.75 bits per heavy atom. The van der Waals surface area contributed by atoms with Gasteiger partial charge in [0, 0.05) is 22.6 Å². The number of hydrogen-bond donors (Lipinski definition) is 2. The van der Waals surface area contributed by atoms with E-state index in [0.29, 0.717) is 6.42 Å². The van der Waals surface area contributed by atoms with Crippen molar-refractivity contribution in [1.29, 1.82) is 0 Å². The number of thioether (sulfide) groups is 1. The van der Waals surface area contributed by atoms with Crippen LogP contribution in [0.2, 0.25) is 0 Å². The van der Waals surface area contributed by atoms with Gasteiger partial charge in [-0.3, -0.25) is 4.79 Å². The fourth-order valence-corrected chi connectivity index (χ4v) is 3.89. The van der Waals surface area contributed by atoms with Gasteiger partial charge in [0.15, 0.2) is 5.78 Å². The quantitative estimate of drug-likeness (QED) is 0.758. The summed E-state index contributed by atoms with van der Waals surface area (Å²) in [5, 5.41) is 7.10. The second kappa shape index (κ2) is 6.36. The summed E-state index contributed by atoms with van der Waals surface area (Å²) in [5.74, 6) is 0.253. The zero-order valence-electron chi connectivity index (χ0n) is 13.6. The third-order valence-corrected chi connectivity index (χ3v) is 5.45. The van der Waals surface area contributed by atoms with Gasteiger partial charge in [0.25, 0.3) is 0 Å². The fourth-order valence-electron chi connectivity index (χ4n) is 3.48. The first-order valence-electron chi connectivity index (χ1n) is 8.29. The molecular weight excluding hydrogens is 316 g/mol. The maximum absolute atomic E-state index is 12.7. The number of carbonyl (C=O) groups excluding carboxylic acids is 1. The molecule has 122 valence electrons. The number of allylic oxidation sites excluding steroid dienone is 1. The number of ketones is 1. The van der Waals surface area contributed by atoms with Crippen LogP contribution in [-0.4, -0.2) is 12.0 Å². The Hall–Kier alpha value is -2.20. The summed E-state index contributed by atoms with van der Waals surface area (Å²) in [6.07, 6.45) is 4.56. The number of hydrogen-bond acceptors (Lipinski definition) is 4. The number of benzene rings is 2. The van der Waals surface area contributed by atoms with Gasteiger partial charge in [-0.15, -0.1) is 11.8 Å². The van der Waals surface area contributed by atoms with E-state index in [-0.39, 0.29) is 11.8 Å². The molecule has 3 nitrogen and oxygen atoms in total. The molecule has 2 N–H and O–H groups in total. The minimum atomic E-state index is -0.0974. The summed E-state index contributed by atoms with van der Waals surface area (Å²) in [6.45, 7) is 0. The lowest BCUT2D eigenvalue weighted by molar-refractivity contribution is -0.116. The second-order valence-corrected chi connectivity index (χ2v) is 7.07. The van der Waals surface area contributed by atoms with Crippen LogP contribution in [0.4, 0.5) is 11.4 Å². The second-order valence-electron chi connectivity index (χ2n) is 6.19. The monoisotopic (exact) mass is 336 g/mol. The van der Waals surface area contributed by atoms with Crippen molar-refractivity contribution in [3.8, 4) is 0 Å². The van der Waals surface area contributed by atoms with Crippen molar-refractivity contribution < 1.29 is 4.79 Å². The van der Waals surface area contributed by atoms with Crippen molar-refractivity contribution in [2.75, 3.05) is 16.9 Å². The molecule has 0 spiro atoms. The molecule has 1 atom stereocenters. The van der Waals surface area contributed by atoms with Gasteiger partial charge < -0.3 is 10.6 Å². The number of anilines is 2. The van der Waals surface area contributed by atoms with Gasteiger partial charge in [-0.2, -0.15) is 0 Å². The largest absolute Gasteiger partial charge is 0.372 e. The van der Waals surface area contributed by atoms with Crippen LogP contribution in [0.1, 0.15) is 30.9 Å². The SMILES string of the molecule is CSc1ccc(C2Nc3ccccc3NC3=C2C(=O)CCC3)cc1. The van der Waals surface area contributed by atoms with Gasteiger partial charge in [0.05, 0.1) is 17.4 Å². The highest BCUT2D eigenvalue weighted by molar-refractivity contribution is 7.98. The molecule has 0 saturated carbocycles. The fraction of sp³-hybridized carbons (Fsp3) is 0.250. The van der Waals surface area contributed by atoms with Crippen molar-refractivity contribution in [3.05, 3.63) is 65.4 Å². The third kappa shape index (κ3) is 2.71. The number of carbonyl (C=O) groups is 1. The summed E-state index contributed by atoms with van der Waals surface area (Å²) in [7, 11) is 0. The van der Waals surface area contributed by atoms with Crippen molar-refractivity contribution in [2.45, 2.75) is 30.2 Å². The standard InChI is InChI=1S/C20H20N2OS/c1-24-14-11-9-13(10-12-14)20-19-17(7-4-8-18(19)23)21-15-5-2-3-6-16(15)22-20/h2-3,5-6,9-12,20-22H,4,7-8H2,1H3. The van der Waals surface area contributed by atoms with E-state index < -0.39 is 0 Å². The molecule has 0 radical (unpaired) electrons. The average molecular weight is 336 g/mol. The molecule has 4 heteroatoms. The Morgan fingerprint density at radius 1 is 1.00 bits per heavy atom. The molecule has 2 aromatic rings. The molecule has 0 bridgehead atoms. The molecule has 0 amide bonds. The van der Waals surface area contributed by atoms with E-state index >= 15 is 0 Å². The number of fused-ring (bicyclic) bond motifs is 1. The summed E-state index contributed by atoms with van der Waals surface area (Å²) < 4.78 is 0. The van der Waals surface area contributed by atoms with Crippen LogP contribution in [0.15, 0.2) is 64.7 Å². The van der Waals surface area contributed by atoms with Gasteiger partial charge in [0.2, 0.25) is 0 Å². The summed E-state index contributed by atoms with van der Waals surface area (Å²) in [6, 6.07) is 16.6. The predicted molar refractivity (Wildman–Crippen MR) is 101 cm³/mol. The molecule has 0 saturated heterocycles. The van der Waals surface area contributed by atoms with Gasteiger partial charge in [-0.1, -0.05) is 24.3 Å². The Morgan fingerprint density at radius 3 is 2.50 bits per heavy atom. The van der Waals surface area contributed by atoms with E-state index in [0.717, 1.165) is 41.1 Å². The minimum absolute atomic E-state index is 0.0974. The lowest BCUT2D eigenvalue weighted by Gasteiger charge is -2.25. The Bertz CT molecular complexity index is 811. The number of rotatable bonds is 2. The third-order valence-electron chi connectivity index (χ3n) is 4.71. The van der Waals surface area contributed by atoms with Crippen molar-refractivity contribution in [2.24, 2.45) is 0 Å². The van der Waals surface area contributed by atoms with E-state index in [9.17, 15) is 4.79 Å². The van der Waals surface area contributed by atoms with E-state index in [1.807, 2.05) is 12.1 Å². The van der Waals surface area contributed by atoms with Crippen molar-refractivity contribution in [3.63, 3.8) is 0 Å². The Balaban J connectivity index is 1.83. The normalized spacial score (nSPS) is 19.7. The predicted octanol–water partition coefficient (Wildman–Crippen LogP) is 4.99. The van der Waals surface area contributed by atoms with Gasteiger partial charge >= 0.3 is 0 Å². The van der Waals surface area contributed by atoms with E-state index in [1.165, 1.54) is 4.90 Å². The maximum Gasteiger partial charge on any atom is 0.163 e. The molecule has 1 unspecified atom stereocenters. The first-order valence-corrected chi connectivity index (χ1v) is 9.51. The van der Waals surface area contributed by atoms with Crippen LogP contribution >= 0.6 is 11.8 Å². The molecule has 2 aliphatic rings. The minimum Gasteiger partial charge on any atom is -0.372 e. The maximum atomic E-state index is 12.7. The van der Waals surface area contributed by atoms with E-state index in [1.54, 1.807) is 11.8 Å². The average Bonchev–Trinajstić information content (AvgIpc) is 2.79. The zero-order valence-corrected chi connectivity index (χ0v) is 14.5. The Kier molecular flexibility index (Phi) is 4.07. The van der Waals surface area contributed by atoms with Crippen LogP contribution in [-0.2, 0) is 4.79 Å². The van der Waals surface area contributed by atoms with Crippen LogP contribution in [0.3, 0.4) is 0 Å². The smallest absolute Gasteiger partial charge is 0.163 e. The number of para-hydroxylation sites is 2. The van der Waals surface area contributed by atoms with Gasteiger partial charge in [0.1, 0.15) is 0 Å². The summed E-state index contributed by atoms with van der Waals surface area (Å²) in [4.78, 5) is 13.9. The topological polar surface area (TPSA) is 41.1 Å². The zero-order chi connectivity index (χ0) is 16.5. The van der Waals surface area contributed by atoms with Gasteiger partial charge in [-0.25, -0.2) is 0 Å². The molecule has 1 aliphatic heterocycles. The molecule has 0 aromatic heterocycles. The lowest BCUT2D eigenvalue weighted by atomic mass is 9.87. The van der Waals surface area contributed by atoms with Crippen molar-refractivity contribution >= 4 is 28.9 Å². The molecule has 0 fully saturated rings. The molecule has 4 rings (SSSR count). The van der Waals surface area contributed by atoms with Crippen LogP contribution in [0.5, 0.6) is 0 Å². The van der Waals surface area contributed by atoms with Gasteiger partial charge in [-0.05, 0) is 48.9 Å². The summed E-state index contributed by atoms with van der Waals surface area (Å²) >= 11 is 1.73. The highest BCUT2D eigenvalue weighted by Gasteiger charge is 2.31. The van der Waals surface area contributed by atoms with Crippen LogP contribution < -0.4 is 10.6 Å². The molecular formula is C20H20N2OS. The van der Waals surface area contributed by atoms with E-state index in [4.69, 9.17) is 0 Å². The van der Waals surface area contributed by atoms with Crippen LogP contribution in [0.25, 0.3) is 0 Å². The van der Waals surface area contributed by atoms with Crippen LogP contribution in [0, 0.1) is 0 Å². The molecule has 24 heavy (non-hydrogen) atoms. The Labute approximate surface area is 146 Å². The lowest BCUT2D eigenvalue weighted by Crippen LogP contribution is -2.23. The highest BCUT2D eigenvalue weighted by Crippen LogP contribution is 2.40. The number of nitrogens with one attached hydrogen (secondary N) is 2. The summed E-state index contributed by atoms with van der Waals surface area (Å²) in [5.41, 5.74) is 5.19. The first-order chi connectivity index (χ1) is 11.8.